The maximum atomic E-state index is 10.4. The molecule has 1 rings (SSSR count). The van der Waals surface area contributed by atoms with Crippen molar-refractivity contribution in [2.45, 2.75) is 39.2 Å². The Labute approximate surface area is 115 Å². The van der Waals surface area contributed by atoms with Gasteiger partial charge in [0, 0.05) is 25.7 Å². The van der Waals surface area contributed by atoms with Crippen molar-refractivity contribution >= 4 is 11.7 Å². The van der Waals surface area contributed by atoms with Gasteiger partial charge in [0.05, 0.1) is 6.10 Å². The summed E-state index contributed by atoms with van der Waals surface area (Å²) in [6.07, 6.45) is 2.02. The van der Waals surface area contributed by atoms with E-state index in [2.05, 4.69) is 4.90 Å². The summed E-state index contributed by atoms with van der Waals surface area (Å²) in [5.41, 5.74) is 1.12. The van der Waals surface area contributed by atoms with Gasteiger partial charge in [-0.25, -0.2) is 0 Å². The lowest BCUT2D eigenvalue weighted by atomic mass is 10.2. The van der Waals surface area contributed by atoms with Gasteiger partial charge in [0.1, 0.15) is 5.75 Å². The van der Waals surface area contributed by atoms with E-state index in [9.17, 15) is 4.79 Å². The number of nitrogens with zero attached hydrogens (tertiary/aromatic N) is 1. The Bertz CT molecular complexity index is 387. The third kappa shape index (κ3) is 6.13. The molecule has 1 N–H and O–H groups in total. The number of anilines is 1. The van der Waals surface area contributed by atoms with Gasteiger partial charge in [-0.3, -0.25) is 4.79 Å². The monoisotopic (exact) mass is 265 g/mol. The molecule has 4 nitrogen and oxygen atoms in total. The Morgan fingerprint density at radius 3 is 2.42 bits per heavy atom. The first-order valence-corrected chi connectivity index (χ1v) is 6.68. The summed E-state index contributed by atoms with van der Waals surface area (Å²) in [6.45, 7) is 4.86. The van der Waals surface area contributed by atoms with E-state index in [4.69, 9.17) is 9.84 Å². The number of rotatable bonds is 8. The molecule has 0 amide bonds. The minimum atomic E-state index is -0.724. The Hall–Kier alpha value is -1.71. The average Bonchev–Trinajstić information content (AvgIpc) is 2.34. The zero-order chi connectivity index (χ0) is 14.3. The van der Waals surface area contributed by atoms with Crippen LogP contribution in [0.3, 0.4) is 0 Å². The van der Waals surface area contributed by atoms with Crippen LogP contribution in [0.5, 0.6) is 5.75 Å². The zero-order valence-electron chi connectivity index (χ0n) is 11.9. The fraction of sp³-hybridized carbons (Fsp3) is 0.533. The summed E-state index contributed by atoms with van der Waals surface area (Å²) < 4.78 is 5.59. The van der Waals surface area contributed by atoms with Gasteiger partial charge in [0.2, 0.25) is 0 Å². The van der Waals surface area contributed by atoms with Crippen LogP contribution in [0.1, 0.15) is 33.1 Å². The summed E-state index contributed by atoms with van der Waals surface area (Å²) in [7, 11) is 2.01. The van der Waals surface area contributed by atoms with Gasteiger partial charge in [-0.2, -0.15) is 0 Å². The van der Waals surface area contributed by atoms with Gasteiger partial charge >= 0.3 is 5.97 Å². The number of hydrogen-bond acceptors (Lipinski definition) is 3. The molecule has 1 aromatic rings. The van der Waals surface area contributed by atoms with Crippen molar-refractivity contribution in [1.82, 2.24) is 0 Å². The van der Waals surface area contributed by atoms with Crippen molar-refractivity contribution < 1.29 is 14.6 Å². The maximum Gasteiger partial charge on any atom is 0.303 e. The molecule has 1 aromatic carbocycles. The number of hydrogen-bond donors (Lipinski definition) is 1. The molecule has 0 unspecified atom stereocenters. The Morgan fingerprint density at radius 1 is 1.26 bits per heavy atom. The SMILES string of the molecule is CC(C)Oc1ccc(N(C)CCCCC(=O)O)cc1. The summed E-state index contributed by atoms with van der Waals surface area (Å²) in [5.74, 6) is 0.149. The second-order valence-electron chi connectivity index (χ2n) is 4.93. The molecule has 19 heavy (non-hydrogen) atoms. The standard InChI is InChI=1S/C15H23NO3/c1-12(2)19-14-9-7-13(8-10-14)16(3)11-5-4-6-15(17)18/h7-10,12H,4-6,11H2,1-3H3,(H,17,18). The highest BCUT2D eigenvalue weighted by Crippen LogP contribution is 2.19. The summed E-state index contributed by atoms with van der Waals surface area (Å²) >= 11 is 0. The molecular weight excluding hydrogens is 242 g/mol. The first-order chi connectivity index (χ1) is 8.99. The van der Waals surface area contributed by atoms with Gasteiger partial charge in [-0.15, -0.1) is 0 Å². The highest BCUT2D eigenvalue weighted by molar-refractivity contribution is 5.66. The molecule has 0 saturated heterocycles. The van der Waals surface area contributed by atoms with Crippen LogP contribution in [-0.4, -0.2) is 30.8 Å². The topological polar surface area (TPSA) is 49.8 Å². The average molecular weight is 265 g/mol. The van der Waals surface area contributed by atoms with Crippen LogP contribution in [0.15, 0.2) is 24.3 Å². The zero-order valence-corrected chi connectivity index (χ0v) is 11.9. The number of carbonyl (C=O) groups is 1. The first-order valence-electron chi connectivity index (χ1n) is 6.68. The second-order valence-corrected chi connectivity index (χ2v) is 4.93. The molecule has 0 spiro atoms. The molecule has 0 aliphatic carbocycles. The Kier molecular flexibility index (Phi) is 6.19. The van der Waals surface area contributed by atoms with Crippen LogP contribution >= 0.6 is 0 Å². The number of carboxylic acids is 1. The van der Waals surface area contributed by atoms with Crippen LogP contribution in [0.25, 0.3) is 0 Å². The molecule has 4 heteroatoms. The van der Waals surface area contributed by atoms with Crippen LogP contribution in [0, 0.1) is 0 Å². The third-order valence-electron chi connectivity index (χ3n) is 2.78. The number of unbranched alkanes of at least 4 members (excludes halogenated alkanes) is 1. The molecule has 0 bridgehead atoms. The lowest BCUT2D eigenvalue weighted by Gasteiger charge is -2.19. The molecule has 0 aromatic heterocycles. The van der Waals surface area contributed by atoms with Crippen LogP contribution in [0.2, 0.25) is 0 Å². The molecule has 0 radical (unpaired) electrons. The summed E-state index contributed by atoms with van der Waals surface area (Å²) in [5, 5.41) is 8.57. The smallest absolute Gasteiger partial charge is 0.303 e. The number of benzene rings is 1. The van der Waals surface area contributed by atoms with Gasteiger partial charge in [-0.1, -0.05) is 0 Å². The molecule has 0 atom stereocenters. The number of ether oxygens (including phenoxy) is 1. The quantitative estimate of drug-likeness (QED) is 0.733. The van der Waals surface area contributed by atoms with Crippen molar-refractivity contribution in [3.05, 3.63) is 24.3 Å². The predicted molar refractivity (Wildman–Crippen MR) is 77.0 cm³/mol. The number of carboxylic acid groups (broad SMARTS) is 1. The maximum absolute atomic E-state index is 10.4. The predicted octanol–water partition coefficient (Wildman–Crippen LogP) is 3.16. The van der Waals surface area contributed by atoms with Crippen molar-refractivity contribution in [2.24, 2.45) is 0 Å². The third-order valence-corrected chi connectivity index (χ3v) is 2.78. The van der Waals surface area contributed by atoms with E-state index in [1.807, 2.05) is 45.2 Å². The van der Waals surface area contributed by atoms with Crippen LogP contribution in [0.4, 0.5) is 5.69 Å². The fourth-order valence-corrected chi connectivity index (χ4v) is 1.81. The molecule has 0 fully saturated rings. The lowest BCUT2D eigenvalue weighted by molar-refractivity contribution is -0.137. The van der Waals surface area contributed by atoms with Crippen LogP contribution < -0.4 is 9.64 Å². The van der Waals surface area contributed by atoms with E-state index < -0.39 is 5.97 Å². The van der Waals surface area contributed by atoms with Gasteiger partial charge < -0.3 is 14.7 Å². The molecular formula is C15H23NO3. The normalized spacial score (nSPS) is 10.5. The van der Waals surface area contributed by atoms with Gasteiger partial charge in [-0.05, 0) is 51.0 Å². The Balaban J connectivity index is 2.39. The van der Waals surface area contributed by atoms with E-state index >= 15 is 0 Å². The highest BCUT2D eigenvalue weighted by atomic mass is 16.5. The van der Waals surface area contributed by atoms with E-state index in [0.717, 1.165) is 24.4 Å². The molecule has 0 aliphatic rings. The van der Waals surface area contributed by atoms with Gasteiger partial charge in [0.15, 0.2) is 0 Å². The molecule has 0 aliphatic heterocycles. The van der Waals surface area contributed by atoms with Gasteiger partial charge in [0.25, 0.3) is 0 Å². The minimum absolute atomic E-state index is 0.180. The first kappa shape index (κ1) is 15.3. The minimum Gasteiger partial charge on any atom is -0.491 e. The van der Waals surface area contributed by atoms with E-state index in [1.165, 1.54) is 0 Å². The molecule has 106 valence electrons. The van der Waals surface area contributed by atoms with Crippen molar-refractivity contribution in [1.29, 1.82) is 0 Å². The van der Waals surface area contributed by atoms with Crippen molar-refractivity contribution in [2.75, 3.05) is 18.5 Å². The van der Waals surface area contributed by atoms with E-state index in [0.29, 0.717) is 6.42 Å². The molecule has 0 heterocycles. The van der Waals surface area contributed by atoms with Crippen molar-refractivity contribution in [3.63, 3.8) is 0 Å². The van der Waals surface area contributed by atoms with Crippen LogP contribution in [-0.2, 0) is 4.79 Å². The van der Waals surface area contributed by atoms with E-state index in [-0.39, 0.29) is 12.5 Å². The highest BCUT2D eigenvalue weighted by Gasteiger charge is 2.03. The van der Waals surface area contributed by atoms with E-state index in [1.54, 1.807) is 0 Å². The lowest BCUT2D eigenvalue weighted by Crippen LogP contribution is -2.18. The fourth-order valence-electron chi connectivity index (χ4n) is 1.81. The number of aliphatic carboxylic acids is 1. The summed E-state index contributed by atoms with van der Waals surface area (Å²) in [6, 6.07) is 7.97. The second kappa shape index (κ2) is 7.67. The Morgan fingerprint density at radius 2 is 1.89 bits per heavy atom. The molecule has 0 saturated carbocycles. The van der Waals surface area contributed by atoms with Crippen molar-refractivity contribution in [3.8, 4) is 5.75 Å². The summed E-state index contributed by atoms with van der Waals surface area (Å²) in [4.78, 5) is 12.5. The largest absolute Gasteiger partial charge is 0.491 e.